The molecule has 92 valence electrons. The van der Waals surface area contributed by atoms with Crippen molar-refractivity contribution >= 4 is 19.3 Å². The molecule has 1 aromatic heterocycles. The van der Waals surface area contributed by atoms with E-state index in [1.807, 2.05) is 0 Å². The third-order valence-corrected chi connectivity index (χ3v) is 4.03. The normalized spacial score (nSPS) is 10.4. The van der Waals surface area contributed by atoms with Crippen LogP contribution in [0.2, 0.25) is 0 Å². The van der Waals surface area contributed by atoms with Gasteiger partial charge < -0.3 is 37.2 Å². The molecule has 0 N–H and O–H groups in total. The Morgan fingerprint density at radius 3 is 2.44 bits per heavy atom. The number of aromatic nitrogens is 1. The summed E-state index contributed by atoms with van der Waals surface area (Å²) in [6, 6.07) is 10.8. The van der Waals surface area contributed by atoms with Gasteiger partial charge in [0.25, 0.3) is 0 Å². The van der Waals surface area contributed by atoms with Crippen molar-refractivity contribution in [3.63, 3.8) is 0 Å². The van der Waals surface area contributed by atoms with Crippen LogP contribution in [0.1, 0.15) is 11.1 Å². The van der Waals surface area contributed by atoms with Gasteiger partial charge in [-0.25, -0.2) is 0 Å². The van der Waals surface area contributed by atoms with Crippen molar-refractivity contribution in [1.29, 1.82) is 0 Å². The number of halogens is 4. The Balaban J connectivity index is 0.000000963. The van der Waals surface area contributed by atoms with Gasteiger partial charge in [0.1, 0.15) is 0 Å². The molecular weight excluding hydrogens is 436 g/mol. The number of rotatable bonds is 0. The molecule has 1 aromatic carbocycles. The zero-order valence-electron chi connectivity index (χ0n) is 9.05. The fourth-order valence-electron chi connectivity index (χ4n) is 2.13. The molecule has 0 saturated carbocycles. The summed E-state index contributed by atoms with van der Waals surface area (Å²) in [6.07, 6.45) is 1.05. The van der Waals surface area contributed by atoms with Gasteiger partial charge in [0.15, 0.2) is 0 Å². The number of fused-ring (bicyclic) bond motifs is 3. The maximum atomic E-state index is 4.50. The molecule has 0 amide bonds. The molecule has 0 saturated heterocycles. The maximum absolute atomic E-state index is 4.50. The third kappa shape index (κ3) is 3.19. The summed E-state index contributed by atoms with van der Waals surface area (Å²) in [7, 11) is 0. The average Bonchev–Trinajstić information content (AvgIpc) is 2.54. The molecule has 1 aliphatic carbocycles. The van der Waals surface area contributed by atoms with Gasteiger partial charge in [0, 0.05) is 0 Å². The van der Waals surface area contributed by atoms with Gasteiger partial charge >= 0.3 is 113 Å². The Labute approximate surface area is 148 Å². The van der Waals surface area contributed by atoms with Crippen molar-refractivity contribution in [3.8, 4) is 11.1 Å². The second kappa shape index (κ2) is 7.40. The van der Waals surface area contributed by atoms with E-state index in [-0.39, 0.29) is 37.2 Å². The van der Waals surface area contributed by atoms with Gasteiger partial charge in [-0.2, -0.15) is 0 Å². The molecule has 3 rings (SSSR count). The fourth-order valence-corrected chi connectivity index (χ4v) is 4.00. The minimum atomic E-state index is 0. The fraction of sp³-hybridized carbons (Fsp3) is 0.0833. The molecule has 2 aromatic rings. The van der Waals surface area contributed by atoms with Crippen LogP contribution in [-0.4, -0.2) is 4.98 Å². The van der Waals surface area contributed by atoms with Gasteiger partial charge in [0.2, 0.25) is 0 Å². The van der Waals surface area contributed by atoms with Gasteiger partial charge in [-0.3, -0.25) is 0 Å². The van der Waals surface area contributed by atoms with Crippen molar-refractivity contribution in [2.75, 3.05) is 0 Å². The van der Waals surface area contributed by atoms with E-state index in [0.717, 1.165) is 11.0 Å². The minimum absolute atomic E-state index is 0. The van der Waals surface area contributed by atoms with Crippen LogP contribution in [0.15, 0.2) is 34.9 Å². The Bertz CT molecular complexity index is 563. The number of pyridine rings is 1. The summed E-state index contributed by atoms with van der Waals surface area (Å²) in [5.74, 6) is 0. The van der Waals surface area contributed by atoms with Crippen LogP contribution in [0.4, 0.5) is 0 Å². The number of benzene rings is 1. The Morgan fingerprint density at radius 1 is 1.06 bits per heavy atom. The van der Waals surface area contributed by atoms with E-state index in [1.165, 1.54) is 50.4 Å². The van der Waals surface area contributed by atoms with Crippen LogP contribution >= 0.6 is 15.9 Å². The summed E-state index contributed by atoms with van der Waals surface area (Å²) >= 11 is 4.84. The zero-order chi connectivity index (χ0) is 10.4. The zero-order valence-corrected chi connectivity index (χ0v) is 15.4. The van der Waals surface area contributed by atoms with Crippen LogP contribution in [0.5, 0.6) is 0 Å². The van der Waals surface area contributed by atoms with E-state index < -0.39 is 0 Å². The molecule has 1 aliphatic rings. The van der Waals surface area contributed by atoms with Crippen molar-refractivity contribution in [2.45, 2.75) is 6.42 Å². The molecule has 0 atom stereocenters. The minimum Gasteiger partial charge on any atom is -1.00 e. The smallest absolute Gasteiger partial charge is 1.00 e. The van der Waals surface area contributed by atoms with E-state index in [9.17, 15) is 0 Å². The van der Waals surface area contributed by atoms with Crippen molar-refractivity contribution in [3.05, 3.63) is 46.1 Å². The monoisotopic (exact) mass is 439 g/mol. The molecule has 0 unspecified atom stereocenters. The summed E-state index contributed by atoms with van der Waals surface area (Å²) in [4.78, 5) is 4.50. The van der Waals surface area contributed by atoms with Crippen LogP contribution in [-0.2, 0) is 31.1 Å². The van der Waals surface area contributed by atoms with Crippen molar-refractivity contribution in [1.82, 2.24) is 4.98 Å². The van der Waals surface area contributed by atoms with Crippen LogP contribution in [0.25, 0.3) is 11.1 Å². The molecule has 0 radical (unpaired) electrons. The first-order valence-electron chi connectivity index (χ1n) is 4.75. The van der Waals surface area contributed by atoms with E-state index in [2.05, 4.69) is 51.2 Å². The quantitative estimate of drug-likeness (QED) is 0.316. The van der Waals surface area contributed by atoms with Gasteiger partial charge in [-0.15, -0.1) is 0 Å². The predicted octanol–water partition coefficient (Wildman–Crippen LogP) is -6.40. The molecule has 1 nitrogen and oxygen atoms in total. The number of hydrogen-bond acceptors (Lipinski definition) is 1. The SMILES string of the molecule is Brc1cc2c([c]([Zr+3])n1)-c1ccccc1C2.[Cl-].[Cl-].[Cl-]. The first kappa shape index (κ1) is 18.6. The van der Waals surface area contributed by atoms with E-state index >= 15 is 0 Å². The second-order valence-electron chi connectivity index (χ2n) is 3.66. The van der Waals surface area contributed by atoms with E-state index in [4.69, 9.17) is 0 Å². The molecule has 0 aliphatic heterocycles. The largest absolute Gasteiger partial charge is 1.00 e. The molecule has 18 heavy (non-hydrogen) atoms. The Kier molecular flexibility index (Phi) is 7.65. The maximum Gasteiger partial charge on any atom is -1.00 e. The summed E-state index contributed by atoms with van der Waals surface area (Å²) in [6.45, 7) is 0. The molecular formula is C12H7BrCl3NZr. The topological polar surface area (TPSA) is 12.9 Å². The van der Waals surface area contributed by atoms with Gasteiger partial charge in [0.05, 0.1) is 0 Å². The van der Waals surface area contributed by atoms with Crippen LogP contribution in [0, 0.1) is 0 Å². The average molecular weight is 443 g/mol. The van der Waals surface area contributed by atoms with Crippen LogP contribution in [0.3, 0.4) is 0 Å². The van der Waals surface area contributed by atoms with Crippen molar-refractivity contribution < 1.29 is 61.9 Å². The van der Waals surface area contributed by atoms with Crippen molar-refractivity contribution in [2.24, 2.45) is 0 Å². The van der Waals surface area contributed by atoms with Gasteiger partial charge in [-0.1, -0.05) is 0 Å². The van der Waals surface area contributed by atoms with Crippen LogP contribution < -0.4 is 40.6 Å². The summed E-state index contributed by atoms with van der Waals surface area (Å²) in [5.41, 5.74) is 5.58. The van der Waals surface area contributed by atoms with E-state index in [0.29, 0.717) is 0 Å². The molecule has 0 fully saturated rings. The summed E-state index contributed by atoms with van der Waals surface area (Å²) < 4.78 is 2.16. The summed E-state index contributed by atoms with van der Waals surface area (Å²) in [5, 5.41) is 0. The molecule has 1 heterocycles. The standard InChI is InChI=1S/C12H7BrN.3ClH.Zr/c13-12-6-9-5-8-3-1-2-4-10(8)11(9)7-14-12;;;;/h1-4,6H,5H2;3*1H;/q;;;;+3/p-3. The van der Waals surface area contributed by atoms with E-state index in [1.54, 1.807) is 0 Å². The first-order chi connectivity index (χ1) is 7.25. The Morgan fingerprint density at radius 2 is 1.72 bits per heavy atom. The number of nitrogens with zero attached hydrogens (tertiary/aromatic N) is 1. The molecule has 0 spiro atoms. The third-order valence-electron chi connectivity index (χ3n) is 2.74. The Hall–Kier alpha value is 0.603. The first-order valence-corrected chi connectivity index (χ1v) is 6.77. The number of hydrogen-bond donors (Lipinski definition) is 0. The second-order valence-corrected chi connectivity index (χ2v) is 5.64. The molecule has 6 heteroatoms. The van der Waals surface area contributed by atoms with Gasteiger partial charge in [-0.05, 0) is 0 Å². The molecule has 0 bridgehead atoms. The predicted molar refractivity (Wildman–Crippen MR) is 59.8 cm³/mol.